The molecule has 34 heavy (non-hydrogen) atoms. The number of nitrogens with one attached hydrogen (secondary N) is 1. The third kappa shape index (κ3) is 4.35. The Kier molecular flexibility index (Phi) is 6.08. The number of fused-ring (bicyclic) bond motifs is 3. The molecule has 1 aliphatic heterocycles. The number of hydrogen-bond donors (Lipinski definition) is 2. The molecule has 3 aromatic rings. The summed E-state index contributed by atoms with van der Waals surface area (Å²) in [5, 5.41) is 12.7. The van der Waals surface area contributed by atoms with Crippen LogP contribution in [0, 0.1) is 6.92 Å². The summed E-state index contributed by atoms with van der Waals surface area (Å²) in [7, 11) is 1.52. The third-order valence-electron chi connectivity index (χ3n) is 6.18. The zero-order valence-electron chi connectivity index (χ0n) is 19.6. The third-order valence-corrected chi connectivity index (χ3v) is 6.18. The number of aliphatic carboxylic acids is 1. The first kappa shape index (κ1) is 23.4. The minimum absolute atomic E-state index is 0.150. The van der Waals surface area contributed by atoms with Crippen LogP contribution in [0.25, 0.3) is 11.0 Å². The summed E-state index contributed by atoms with van der Waals surface area (Å²) in [6.07, 6.45) is 1.09. The van der Waals surface area contributed by atoms with Crippen LogP contribution in [0.5, 0.6) is 11.5 Å². The molecule has 0 saturated heterocycles. The fraction of sp³-hybridized carbons (Fsp3) is 0.346. The first-order chi connectivity index (χ1) is 16.1. The normalized spacial score (nSPS) is 15.2. The van der Waals surface area contributed by atoms with Crippen LogP contribution in [0.4, 0.5) is 0 Å². The lowest BCUT2D eigenvalue weighted by atomic mass is 9.91. The van der Waals surface area contributed by atoms with Crippen molar-refractivity contribution < 1.29 is 28.6 Å². The van der Waals surface area contributed by atoms with Crippen molar-refractivity contribution in [3.8, 4) is 11.5 Å². The molecule has 1 atom stereocenters. The molecular formula is C26H27NO7. The van der Waals surface area contributed by atoms with Crippen LogP contribution < -0.4 is 20.4 Å². The van der Waals surface area contributed by atoms with Crippen molar-refractivity contribution >= 4 is 22.8 Å². The van der Waals surface area contributed by atoms with E-state index in [4.69, 9.17) is 13.9 Å². The van der Waals surface area contributed by atoms with E-state index in [0.29, 0.717) is 40.0 Å². The van der Waals surface area contributed by atoms with E-state index in [2.05, 4.69) is 5.32 Å². The number of carbonyl (C=O) groups is 2. The topological polar surface area (TPSA) is 115 Å². The second kappa shape index (κ2) is 8.85. The average molecular weight is 466 g/mol. The Bertz CT molecular complexity index is 1320. The molecule has 8 nitrogen and oxygen atoms in total. The number of carbonyl (C=O) groups excluding carboxylic acids is 1. The zero-order chi connectivity index (χ0) is 24.6. The van der Waals surface area contributed by atoms with Gasteiger partial charge in [-0.2, -0.15) is 0 Å². The standard InChI is InChI=1S/C26H27NO7/c1-14-17(12-20(28)27-22(24(29)30)15-8-6-5-7-9-15)25(31)33-23-16-10-11-26(2,3)34-18(16)13-19(32-4)21(14)23/h5-9,13,22H,10-12H2,1-4H3,(H,27,28)(H,29,30)/t22-/m1/s1. The summed E-state index contributed by atoms with van der Waals surface area (Å²) in [6.45, 7) is 5.72. The molecule has 0 saturated carbocycles. The Morgan fingerprint density at radius 2 is 1.94 bits per heavy atom. The smallest absolute Gasteiger partial charge is 0.340 e. The van der Waals surface area contributed by atoms with E-state index in [1.165, 1.54) is 7.11 Å². The monoisotopic (exact) mass is 465 g/mol. The summed E-state index contributed by atoms with van der Waals surface area (Å²) < 4.78 is 17.4. The van der Waals surface area contributed by atoms with Gasteiger partial charge in [-0.1, -0.05) is 30.3 Å². The van der Waals surface area contributed by atoms with Gasteiger partial charge in [-0.25, -0.2) is 9.59 Å². The fourth-order valence-corrected chi connectivity index (χ4v) is 4.35. The van der Waals surface area contributed by atoms with E-state index in [9.17, 15) is 19.5 Å². The highest BCUT2D eigenvalue weighted by Gasteiger charge is 2.31. The average Bonchev–Trinajstić information content (AvgIpc) is 2.79. The predicted molar refractivity (Wildman–Crippen MR) is 125 cm³/mol. The van der Waals surface area contributed by atoms with Gasteiger partial charge in [0.05, 0.1) is 24.5 Å². The van der Waals surface area contributed by atoms with E-state index < -0.39 is 23.5 Å². The molecule has 2 aromatic carbocycles. The van der Waals surface area contributed by atoms with Gasteiger partial charge < -0.3 is 24.3 Å². The summed E-state index contributed by atoms with van der Waals surface area (Å²) in [6, 6.07) is 8.92. The number of benzene rings is 2. The van der Waals surface area contributed by atoms with Crippen LogP contribution in [-0.2, 0) is 22.4 Å². The molecule has 0 aliphatic carbocycles. The van der Waals surface area contributed by atoms with Crippen molar-refractivity contribution in [1.29, 1.82) is 0 Å². The number of aryl methyl sites for hydroxylation is 2. The molecule has 4 rings (SSSR count). The fourth-order valence-electron chi connectivity index (χ4n) is 4.35. The highest BCUT2D eigenvalue weighted by molar-refractivity contribution is 5.93. The van der Waals surface area contributed by atoms with Crippen molar-refractivity contribution in [1.82, 2.24) is 5.32 Å². The molecule has 0 unspecified atom stereocenters. The van der Waals surface area contributed by atoms with Crippen molar-refractivity contribution in [3.63, 3.8) is 0 Å². The Hall–Kier alpha value is -3.81. The Labute approximate surface area is 196 Å². The van der Waals surface area contributed by atoms with Gasteiger partial charge in [0, 0.05) is 11.6 Å². The van der Waals surface area contributed by atoms with E-state index >= 15 is 0 Å². The molecule has 0 fully saturated rings. The molecule has 0 spiro atoms. The molecule has 2 heterocycles. The van der Waals surface area contributed by atoms with E-state index in [0.717, 1.165) is 12.0 Å². The van der Waals surface area contributed by atoms with Crippen molar-refractivity contribution in [3.05, 3.63) is 69.1 Å². The molecule has 1 amide bonds. The number of methoxy groups -OCH3 is 1. The maximum Gasteiger partial charge on any atom is 0.340 e. The van der Waals surface area contributed by atoms with Gasteiger partial charge in [0.2, 0.25) is 5.91 Å². The molecule has 1 aliphatic rings. The lowest BCUT2D eigenvalue weighted by molar-refractivity contribution is -0.142. The molecule has 178 valence electrons. The summed E-state index contributed by atoms with van der Waals surface area (Å²) in [4.78, 5) is 37.5. The van der Waals surface area contributed by atoms with Crippen LogP contribution >= 0.6 is 0 Å². The van der Waals surface area contributed by atoms with Gasteiger partial charge >= 0.3 is 11.6 Å². The molecule has 1 aromatic heterocycles. The highest BCUT2D eigenvalue weighted by atomic mass is 16.5. The lowest BCUT2D eigenvalue weighted by Gasteiger charge is -2.33. The molecular weight excluding hydrogens is 438 g/mol. The van der Waals surface area contributed by atoms with E-state index in [1.54, 1.807) is 43.3 Å². The summed E-state index contributed by atoms with van der Waals surface area (Å²) >= 11 is 0. The van der Waals surface area contributed by atoms with Crippen LogP contribution in [0.1, 0.15) is 48.6 Å². The molecule has 2 N–H and O–H groups in total. The first-order valence-electron chi connectivity index (χ1n) is 11.0. The lowest BCUT2D eigenvalue weighted by Crippen LogP contribution is -2.35. The van der Waals surface area contributed by atoms with E-state index in [-0.39, 0.29) is 17.6 Å². The summed E-state index contributed by atoms with van der Waals surface area (Å²) in [5.74, 6) is -0.714. The first-order valence-corrected chi connectivity index (χ1v) is 11.0. The second-order valence-corrected chi connectivity index (χ2v) is 9.04. The van der Waals surface area contributed by atoms with Gasteiger partial charge in [0.15, 0.2) is 6.04 Å². The molecule has 0 bridgehead atoms. The maximum absolute atomic E-state index is 12.9. The van der Waals surface area contributed by atoms with Crippen LogP contribution in [0.3, 0.4) is 0 Å². The van der Waals surface area contributed by atoms with Crippen LogP contribution in [-0.4, -0.2) is 29.7 Å². The molecule has 0 radical (unpaired) electrons. The van der Waals surface area contributed by atoms with Gasteiger partial charge in [0.1, 0.15) is 22.7 Å². The Balaban J connectivity index is 1.72. The maximum atomic E-state index is 12.9. The number of rotatable bonds is 6. The largest absolute Gasteiger partial charge is 0.496 e. The van der Waals surface area contributed by atoms with Gasteiger partial charge in [-0.3, -0.25) is 4.79 Å². The van der Waals surface area contributed by atoms with Crippen molar-refractivity contribution in [2.45, 2.75) is 51.7 Å². The second-order valence-electron chi connectivity index (χ2n) is 9.04. The minimum atomic E-state index is -1.23. The zero-order valence-corrected chi connectivity index (χ0v) is 19.6. The van der Waals surface area contributed by atoms with Gasteiger partial charge in [-0.15, -0.1) is 0 Å². The van der Waals surface area contributed by atoms with Crippen molar-refractivity contribution in [2.75, 3.05) is 7.11 Å². The highest BCUT2D eigenvalue weighted by Crippen LogP contribution is 2.43. The number of carboxylic acids is 1. The Morgan fingerprint density at radius 1 is 1.24 bits per heavy atom. The van der Waals surface area contributed by atoms with E-state index in [1.807, 2.05) is 13.8 Å². The number of amides is 1. The van der Waals surface area contributed by atoms with Gasteiger partial charge in [0.25, 0.3) is 0 Å². The molecule has 8 heteroatoms. The summed E-state index contributed by atoms with van der Waals surface area (Å²) in [5.41, 5.74) is 1.33. The Morgan fingerprint density at radius 3 is 2.59 bits per heavy atom. The van der Waals surface area contributed by atoms with Crippen LogP contribution in [0.2, 0.25) is 0 Å². The SMILES string of the molecule is COc1cc2c(c3oc(=O)c(CC(=O)N[C@@H](C(=O)O)c4ccccc4)c(C)c13)CCC(C)(C)O2. The van der Waals surface area contributed by atoms with Crippen molar-refractivity contribution in [2.24, 2.45) is 0 Å². The number of ether oxygens (including phenoxy) is 2. The minimum Gasteiger partial charge on any atom is -0.496 e. The predicted octanol–water partition coefficient (Wildman–Crippen LogP) is 3.70. The number of carboxylic acid groups (broad SMARTS) is 1. The van der Waals surface area contributed by atoms with Gasteiger partial charge in [-0.05, 0) is 44.7 Å². The number of hydrogen-bond acceptors (Lipinski definition) is 6. The van der Waals surface area contributed by atoms with Crippen LogP contribution in [0.15, 0.2) is 45.6 Å². The quantitative estimate of drug-likeness (QED) is 0.534.